The van der Waals surface area contributed by atoms with Gasteiger partial charge in [-0.3, -0.25) is 0 Å². The van der Waals surface area contributed by atoms with E-state index in [-0.39, 0.29) is 6.04 Å². The second-order valence-electron chi connectivity index (χ2n) is 4.43. The van der Waals surface area contributed by atoms with Gasteiger partial charge in [0.1, 0.15) is 12.1 Å². The third-order valence-electron chi connectivity index (χ3n) is 3.06. The van der Waals surface area contributed by atoms with Gasteiger partial charge in [0.05, 0.1) is 18.4 Å². The van der Waals surface area contributed by atoms with E-state index in [0.29, 0.717) is 6.54 Å². The summed E-state index contributed by atoms with van der Waals surface area (Å²) in [6.45, 7) is 2.73. The van der Waals surface area contributed by atoms with Gasteiger partial charge in [-0.05, 0) is 35.0 Å². The molecule has 0 bridgehead atoms. The van der Waals surface area contributed by atoms with E-state index in [1.807, 2.05) is 18.2 Å². The van der Waals surface area contributed by atoms with Gasteiger partial charge < -0.3 is 9.84 Å². The summed E-state index contributed by atoms with van der Waals surface area (Å²) in [6, 6.07) is 10.1. The number of benzene rings is 1. The maximum absolute atomic E-state index is 5.06. The van der Waals surface area contributed by atoms with Gasteiger partial charge >= 0.3 is 0 Å². The van der Waals surface area contributed by atoms with Crippen molar-refractivity contribution in [3.05, 3.63) is 54.2 Å². The van der Waals surface area contributed by atoms with E-state index in [1.54, 1.807) is 17.2 Å². The number of nitrogens with zero attached hydrogens (tertiary/aromatic N) is 5. The molecule has 1 atom stereocenters. The monoisotopic (exact) mass is 270 g/mol. The van der Waals surface area contributed by atoms with Crippen LogP contribution < -0.4 is 5.32 Å². The molecule has 7 heteroatoms. The van der Waals surface area contributed by atoms with Gasteiger partial charge in [0.2, 0.25) is 0 Å². The van der Waals surface area contributed by atoms with E-state index in [9.17, 15) is 0 Å². The van der Waals surface area contributed by atoms with Crippen LogP contribution in [0, 0.1) is 0 Å². The highest BCUT2D eigenvalue weighted by molar-refractivity contribution is 5.35. The molecule has 0 saturated carbocycles. The molecule has 7 nitrogen and oxygen atoms in total. The Bertz CT molecular complexity index is 649. The van der Waals surface area contributed by atoms with Crippen LogP contribution in [0.2, 0.25) is 0 Å². The third kappa shape index (κ3) is 2.72. The summed E-state index contributed by atoms with van der Waals surface area (Å²) >= 11 is 0. The van der Waals surface area contributed by atoms with Crippen LogP contribution in [0.3, 0.4) is 0 Å². The van der Waals surface area contributed by atoms with Crippen molar-refractivity contribution >= 4 is 0 Å². The Morgan fingerprint density at radius 3 is 3.05 bits per heavy atom. The zero-order chi connectivity index (χ0) is 13.8. The van der Waals surface area contributed by atoms with Crippen LogP contribution in [0.4, 0.5) is 0 Å². The lowest BCUT2D eigenvalue weighted by atomic mass is 10.1. The van der Waals surface area contributed by atoms with Crippen LogP contribution in [-0.4, -0.2) is 25.4 Å². The minimum atomic E-state index is 0.177. The van der Waals surface area contributed by atoms with Crippen LogP contribution in [0.25, 0.3) is 5.69 Å². The Morgan fingerprint density at radius 1 is 1.35 bits per heavy atom. The Labute approximate surface area is 115 Å². The maximum Gasteiger partial charge on any atom is 0.150 e. The molecule has 20 heavy (non-hydrogen) atoms. The number of aromatic nitrogens is 5. The Balaban J connectivity index is 1.71. The molecular weight excluding hydrogens is 256 g/mol. The lowest BCUT2D eigenvalue weighted by molar-refractivity contribution is 0.366. The highest BCUT2D eigenvalue weighted by atomic mass is 16.5. The Kier molecular flexibility index (Phi) is 3.51. The van der Waals surface area contributed by atoms with Gasteiger partial charge in [0.15, 0.2) is 0 Å². The minimum Gasteiger partial charge on any atom is -0.360 e. The summed E-state index contributed by atoms with van der Waals surface area (Å²) in [5, 5.41) is 18.2. The van der Waals surface area contributed by atoms with Crippen molar-refractivity contribution in [3.8, 4) is 5.69 Å². The van der Waals surface area contributed by atoms with Crippen LogP contribution in [-0.2, 0) is 6.54 Å². The molecule has 3 rings (SSSR count). The summed E-state index contributed by atoms with van der Waals surface area (Å²) in [6.07, 6.45) is 3.21. The third-order valence-corrected chi connectivity index (χ3v) is 3.06. The molecular formula is C13H14N6O. The lowest BCUT2D eigenvalue weighted by Crippen LogP contribution is -2.18. The van der Waals surface area contributed by atoms with Crippen molar-refractivity contribution in [1.29, 1.82) is 0 Å². The molecule has 0 spiro atoms. The van der Waals surface area contributed by atoms with E-state index in [4.69, 9.17) is 4.52 Å². The van der Waals surface area contributed by atoms with E-state index in [2.05, 4.69) is 45.1 Å². The number of nitrogens with one attached hydrogen (secondary N) is 1. The molecule has 3 aromatic rings. The van der Waals surface area contributed by atoms with Crippen LogP contribution in [0.5, 0.6) is 0 Å². The van der Waals surface area contributed by atoms with Crippen molar-refractivity contribution in [3.63, 3.8) is 0 Å². The molecule has 2 heterocycles. The van der Waals surface area contributed by atoms with Gasteiger partial charge in [-0.2, -0.15) is 0 Å². The average Bonchev–Trinajstić information content (AvgIpc) is 3.18. The average molecular weight is 270 g/mol. The quantitative estimate of drug-likeness (QED) is 0.756. The predicted octanol–water partition coefficient (Wildman–Crippen LogP) is 1.50. The fraction of sp³-hybridized carbons (Fsp3) is 0.231. The molecule has 1 unspecified atom stereocenters. The first-order valence-electron chi connectivity index (χ1n) is 6.29. The standard InChI is InChI=1S/C13H14N6O/c1-10(14-8-13-5-6-16-20-13)11-3-2-4-12(7-11)19-9-15-17-18-19/h2-7,9-10,14H,8H2,1H3. The smallest absolute Gasteiger partial charge is 0.150 e. The van der Waals surface area contributed by atoms with Crippen LogP contribution in [0.15, 0.2) is 47.4 Å². The first-order valence-corrected chi connectivity index (χ1v) is 6.29. The summed E-state index contributed by atoms with van der Waals surface area (Å²) in [4.78, 5) is 0. The molecule has 0 aliphatic carbocycles. The van der Waals surface area contributed by atoms with Crippen molar-refractivity contribution in [2.75, 3.05) is 0 Å². The first kappa shape index (κ1) is 12.5. The van der Waals surface area contributed by atoms with Crippen molar-refractivity contribution in [1.82, 2.24) is 30.7 Å². The van der Waals surface area contributed by atoms with E-state index < -0.39 is 0 Å². The van der Waals surface area contributed by atoms with E-state index in [0.717, 1.165) is 17.0 Å². The molecule has 0 saturated heterocycles. The highest BCUT2D eigenvalue weighted by Crippen LogP contribution is 2.16. The minimum absolute atomic E-state index is 0.177. The number of tetrazole rings is 1. The number of hydrogen-bond donors (Lipinski definition) is 1. The fourth-order valence-electron chi connectivity index (χ4n) is 1.92. The molecule has 0 aliphatic rings. The van der Waals surface area contributed by atoms with Gasteiger partial charge in [0.25, 0.3) is 0 Å². The second kappa shape index (κ2) is 5.62. The maximum atomic E-state index is 5.06. The number of rotatable bonds is 5. The van der Waals surface area contributed by atoms with Crippen LogP contribution in [0.1, 0.15) is 24.3 Å². The molecule has 1 N–H and O–H groups in total. The van der Waals surface area contributed by atoms with Gasteiger partial charge in [0, 0.05) is 12.1 Å². The molecule has 0 fully saturated rings. The largest absolute Gasteiger partial charge is 0.360 e. The zero-order valence-electron chi connectivity index (χ0n) is 11.0. The molecule has 1 aromatic carbocycles. The first-order chi connectivity index (χ1) is 9.83. The van der Waals surface area contributed by atoms with Crippen molar-refractivity contribution in [2.24, 2.45) is 0 Å². The van der Waals surface area contributed by atoms with E-state index >= 15 is 0 Å². The Hall–Kier alpha value is -2.54. The molecule has 0 amide bonds. The van der Waals surface area contributed by atoms with Gasteiger partial charge in [-0.25, -0.2) is 4.68 Å². The van der Waals surface area contributed by atoms with Crippen molar-refractivity contribution in [2.45, 2.75) is 19.5 Å². The summed E-state index contributed by atoms with van der Waals surface area (Å²) in [7, 11) is 0. The lowest BCUT2D eigenvalue weighted by Gasteiger charge is -2.14. The number of hydrogen-bond acceptors (Lipinski definition) is 6. The topological polar surface area (TPSA) is 81.7 Å². The molecule has 0 aliphatic heterocycles. The van der Waals surface area contributed by atoms with Crippen LogP contribution >= 0.6 is 0 Å². The Morgan fingerprint density at radius 2 is 2.30 bits per heavy atom. The summed E-state index contributed by atoms with van der Waals surface area (Å²) < 4.78 is 6.69. The summed E-state index contributed by atoms with van der Waals surface area (Å²) in [5.74, 6) is 0.813. The molecule has 0 radical (unpaired) electrons. The predicted molar refractivity (Wildman–Crippen MR) is 70.9 cm³/mol. The summed E-state index contributed by atoms with van der Waals surface area (Å²) in [5.41, 5.74) is 2.08. The normalized spacial score (nSPS) is 12.4. The molecule has 2 aromatic heterocycles. The van der Waals surface area contributed by atoms with E-state index in [1.165, 1.54) is 0 Å². The SMILES string of the molecule is CC(NCc1ccno1)c1cccc(-n2cnnn2)c1. The highest BCUT2D eigenvalue weighted by Gasteiger charge is 2.08. The van der Waals surface area contributed by atoms with Gasteiger partial charge in [-0.15, -0.1) is 5.10 Å². The second-order valence-corrected chi connectivity index (χ2v) is 4.43. The molecule has 102 valence electrons. The zero-order valence-corrected chi connectivity index (χ0v) is 11.0. The fourth-order valence-corrected chi connectivity index (χ4v) is 1.92. The van der Waals surface area contributed by atoms with Gasteiger partial charge in [-0.1, -0.05) is 17.3 Å². The van der Waals surface area contributed by atoms with Crippen molar-refractivity contribution < 1.29 is 4.52 Å².